The summed E-state index contributed by atoms with van der Waals surface area (Å²) in [7, 11) is 0. The molecule has 4 rings (SSSR count). The third-order valence-corrected chi connectivity index (χ3v) is 4.82. The fraction of sp³-hybridized carbons (Fsp3) is 0.174. The van der Waals surface area contributed by atoms with Gasteiger partial charge in [-0.05, 0) is 42.7 Å². The number of aliphatic hydroxyl groups excluding tert-OH is 1. The Hall–Kier alpha value is -3.51. The highest BCUT2D eigenvalue weighted by molar-refractivity contribution is 6.05. The molecule has 0 saturated heterocycles. The lowest BCUT2D eigenvalue weighted by atomic mass is 9.96. The van der Waals surface area contributed by atoms with Gasteiger partial charge >= 0.3 is 0 Å². The molecular weight excluding hydrogens is 366 g/mol. The Labute approximate surface area is 168 Å². The molecule has 0 bridgehead atoms. The predicted molar refractivity (Wildman–Crippen MR) is 111 cm³/mol. The molecule has 6 nitrogen and oxygen atoms in total. The van der Waals surface area contributed by atoms with E-state index in [2.05, 4.69) is 10.5 Å². The fourth-order valence-electron chi connectivity index (χ4n) is 3.50. The molecule has 1 amide bonds. The number of hydrogen-bond donors (Lipinski definition) is 2. The minimum atomic E-state index is -0.241. The van der Waals surface area contributed by atoms with Crippen LogP contribution in [0.4, 0.5) is 5.82 Å². The summed E-state index contributed by atoms with van der Waals surface area (Å²) < 4.78 is 5.01. The highest BCUT2D eigenvalue weighted by atomic mass is 16.5. The first-order valence-corrected chi connectivity index (χ1v) is 9.36. The van der Waals surface area contributed by atoms with Crippen molar-refractivity contribution in [3.63, 3.8) is 0 Å². The van der Waals surface area contributed by atoms with Crippen LogP contribution in [-0.4, -0.2) is 21.2 Å². The maximum atomic E-state index is 12.8. The number of aliphatic hydroxyl groups is 1. The molecule has 0 aliphatic heterocycles. The number of carbonyl (C=O) groups is 1. The molecule has 0 aliphatic rings. The molecule has 2 aromatic carbocycles. The van der Waals surface area contributed by atoms with Crippen LogP contribution in [-0.2, 0) is 13.0 Å². The molecule has 6 heteroatoms. The van der Waals surface area contributed by atoms with Crippen LogP contribution < -0.4 is 5.32 Å². The van der Waals surface area contributed by atoms with E-state index in [0.717, 1.165) is 33.3 Å². The average molecular weight is 387 g/mol. The number of amides is 1. The summed E-state index contributed by atoms with van der Waals surface area (Å²) in [6, 6.07) is 17.0. The summed E-state index contributed by atoms with van der Waals surface area (Å²) in [6.45, 7) is 3.64. The molecule has 0 aliphatic carbocycles. The molecule has 0 radical (unpaired) electrons. The standard InChI is InChI=1S/C23H21N3O3/c1-14-10-18(13-27)19-9-5-7-17(22(19)24-14)12-16-6-3-4-8-20(16)23(28)25-21-11-15(2)29-26-21/h3-11,27H,12-13H2,1-2H3,(H,25,26,28). The van der Waals surface area contributed by atoms with Gasteiger partial charge < -0.3 is 14.9 Å². The van der Waals surface area contributed by atoms with E-state index in [9.17, 15) is 9.90 Å². The lowest BCUT2D eigenvalue weighted by Gasteiger charge is -2.12. The maximum absolute atomic E-state index is 12.8. The van der Waals surface area contributed by atoms with Crippen molar-refractivity contribution >= 4 is 22.6 Å². The number of anilines is 1. The van der Waals surface area contributed by atoms with Gasteiger partial charge in [0.1, 0.15) is 5.76 Å². The lowest BCUT2D eigenvalue weighted by molar-refractivity contribution is 0.102. The lowest BCUT2D eigenvalue weighted by Crippen LogP contribution is -2.14. The van der Waals surface area contributed by atoms with Crippen LogP contribution >= 0.6 is 0 Å². The van der Waals surface area contributed by atoms with E-state index in [1.165, 1.54) is 0 Å². The van der Waals surface area contributed by atoms with E-state index < -0.39 is 0 Å². The zero-order valence-electron chi connectivity index (χ0n) is 16.3. The van der Waals surface area contributed by atoms with Crippen LogP contribution in [0.1, 0.15) is 38.5 Å². The number of rotatable bonds is 5. The predicted octanol–water partition coefficient (Wildman–Crippen LogP) is 4.18. The largest absolute Gasteiger partial charge is 0.392 e. The normalized spacial score (nSPS) is 11.0. The van der Waals surface area contributed by atoms with E-state index >= 15 is 0 Å². The average Bonchev–Trinajstić information content (AvgIpc) is 3.12. The summed E-state index contributed by atoms with van der Waals surface area (Å²) >= 11 is 0. The first kappa shape index (κ1) is 18.8. The molecule has 0 atom stereocenters. The Morgan fingerprint density at radius 1 is 1.03 bits per heavy atom. The topological polar surface area (TPSA) is 88.2 Å². The summed E-state index contributed by atoms with van der Waals surface area (Å²) in [4.78, 5) is 17.5. The van der Waals surface area contributed by atoms with Gasteiger partial charge in [-0.2, -0.15) is 0 Å². The summed E-state index contributed by atoms with van der Waals surface area (Å²) in [5, 5.41) is 17.2. The first-order chi connectivity index (χ1) is 14.0. The first-order valence-electron chi connectivity index (χ1n) is 9.36. The molecule has 0 fully saturated rings. The Bertz CT molecular complexity index is 1200. The third-order valence-electron chi connectivity index (χ3n) is 4.82. The number of nitrogens with zero attached hydrogens (tertiary/aromatic N) is 2. The Morgan fingerprint density at radius 2 is 1.83 bits per heavy atom. The minimum absolute atomic E-state index is 0.0422. The SMILES string of the molecule is Cc1cc(CO)c2cccc(Cc3ccccc3C(=O)Nc3cc(C)on3)c2n1. The fourth-order valence-corrected chi connectivity index (χ4v) is 3.50. The van der Waals surface area contributed by atoms with Gasteiger partial charge in [-0.1, -0.05) is 41.6 Å². The number of para-hydroxylation sites is 1. The zero-order valence-corrected chi connectivity index (χ0v) is 16.3. The molecular formula is C23H21N3O3. The number of hydrogen-bond acceptors (Lipinski definition) is 5. The number of benzene rings is 2. The smallest absolute Gasteiger partial charge is 0.257 e. The van der Waals surface area contributed by atoms with Crippen molar-refractivity contribution in [2.75, 3.05) is 5.32 Å². The second-order valence-corrected chi connectivity index (χ2v) is 7.01. The van der Waals surface area contributed by atoms with Gasteiger partial charge in [-0.25, -0.2) is 0 Å². The maximum Gasteiger partial charge on any atom is 0.257 e. The van der Waals surface area contributed by atoms with Crippen molar-refractivity contribution in [1.82, 2.24) is 10.1 Å². The molecule has 146 valence electrons. The summed E-state index contributed by atoms with van der Waals surface area (Å²) in [6.07, 6.45) is 0.542. The van der Waals surface area contributed by atoms with E-state index in [1.54, 1.807) is 19.1 Å². The van der Waals surface area contributed by atoms with Gasteiger partial charge in [-0.3, -0.25) is 9.78 Å². The van der Waals surface area contributed by atoms with Gasteiger partial charge in [0.05, 0.1) is 12.1 Å². The Balaban J connectivity index is 1.71. The van der Waals surface area contributed by atoms with Crippen molar-refractivity contribution in [3.05, 3.63) is 88.3 Å². The second-order valence-electron chi connectivity index (χ2n) is 7.01. The molecule has 4 aromatic rings. The van der Waals surface area contributed by atoms with Gasteiger partial charge in [0.15, 0.2) is 5.82 Å². The van der Waals surface area contributed by atoms with E-state index in [1.807, 2.05) is 49.4 Å². The number of fused-ring (bicyclic) bond motifs is 1. The van der Waals surface area contributed by atoms with Crippen molar-refractivity contribution in [2.45, 2.75) is 26.9 Å². The zero-order chi connectivity index (χ0) is 20.4. The number of nitrogens with one attached hydrogen (secondary N) is 1. The number of aryl methyl sites for hydroxylation is 2. The van der Waals surface area contributed by atoms with Crippen LogP contribution in [0.25, 0.3) is 10.9 Å². The summed E-state index contributed by atoms with van der Waals surface area (Å²) in [5.74, 6) is 0.775. The number of carbonyl (C=O) groups excluding carboxylic acids is 1. The van der Waals surface area contributed by atoms with Crippen LogP contribution in [0, 0.1) is 13.8 Å². The highest BCUT2D eigenvalue weighted by Crippen LogP contribution is 2.25. The van der Waals surface area contributed by atoms with E-state index in [-0.39, 0.29) is 12.5 Å². The second kappa shape index (κ2) is 7.85. The van der Waals surface area contributed by atoms with Crippen molar-refractivity contribution in [1.29, 1.82) is 0 Å². The molecule has 0 saturated carbocycles. The van der Waals surface area contributed by atoms with Gasteiger partial charge in [-0.15, -0.1) is 0 Å². The van der Waals surface area contributed by atoms with Crippen LogP contribution in [0.2, 0.25) is 0 Å². The molecule has 0 spiro atoms. The Morgan fingerprint density at radius 3 is 2.59 bits per heavy atom. The van der Waals surface area contributed by atoms with E-state index in [4.69, 9.17) is 9.51 Å². The number of aromatic nitrogens is 2. The molecule has 2 N–H and O–H groups in total. The van der Waals surface area contributed by atoms with Crippen LogP contribution in [0.3, 0.4) is 0 Å². The van der Waals surface area contributed by atoms with Crippen molar-refractivity contribution in [3.8, 4) is 0 Å². The van der Waals surface area contributed by atoms with Gasteiger partial charge in [0.25, 0.3) is 5.91 Å². The number of pyridine rings is 1. The summed E-state index contributed by atoms with van der Waals surface area (Å²) in [5.41, 5.74) is 4.99. The third kappa shape index (κ3) is 3.88. The van der Waals surface area contributed by atoms with Gasteiger partial charge in [0, 0.05) is 29.1 Å². The van der Waals surface area contributed by atoms with Crippen molar-refractivity contribution < 1.29 is 14.4 Å². The molecule has 2 heterocycles. The molecule has 0 unspecified atom stereocenters. The quantitative estimate of drug-likeness (QED) is 0.536. The Kier molecular flexibility index (Phi) is 5.10. The van der Waals surface area contributed by atoms with E-state index in [0.29, 0.717) is 23.6 Å². The minimum Gasteiger partial charge on any atom is -0.392 e. The highest BCUT2D eigenvalue weighted by Gasteiger charge is 2.15. The monoisotopic (exact) mass is 387 g/mol. The molecule has 2 aromatic heterocycles. The van der Waals surface area contributed by atoms with Crippen LogP contribution in [0.15, 0.2) is 59.1 Å². The van der Waals surface area contributed by atoms with Crippen LogP contribution in [0.5, 0.6) is 0 Å². The molecule has 29 heavy (non-hydrogen) atoms. The van der Waals surface area contributed by atoms with Gasteiger partial charge in [0.2, 0.25) is 0 Å². The van der Waals surface area contributed by atoms with Crippen molar-refractivity contribution in [2.24, 2.45) is 0 Å².